The number of aromatic hydroxyl groups is 1. The molecular formula is C19H27N3O3. The molecule has 0 aliphatic heterocycles. The highest BCUT2D eigenvalue weighted by atomic mass is 16.5. The van der Waals surface area contributed by atoms with Gasteiger partial charge in [-0.2, -0.15) is 5.10 Å². The average Bonchev–Trinajstić information content (AvgIpc) is 3.04. The van der Waals surface area contributed by atoms with Crippen molar-refractivity contribution in [1.82, 2.24) is 14.8 Å². The third-order valence-electron chi connectivity index (χ3n) is 4.29. The van der Waals surface area contributed by atoms with Crippen LogP contribution in [0.5, 0.6) is 11.5 Å². The van der Waals surface area contributed by atoms with Gasteiger partial charge >= 0.3 is 5.97 Å². The molecule has 2 rings (SSSR count). The minimum absolute atomic E-state index is 0.158. The molecule has 1 aromatic carbocycles. The summed E-state index contributed by atoms with van der Waals surface area (Å²) in [7, 11) is 0. The molecule has 0 aliphatic rings. The second-order valence-corrected chi connectivity index (χ2v) is 7.26. The second-order valence-electron chi connectivity index (χ2n) is 7.26. The van der Waals surface area contributed by atoms with Crippen LogP contribution in [0.15, 0.2) is 30.9 Å². The molecule has 0 spiro atoms. The maximum Gasteiger partial charge on any atom is 0.316 e. The molecule has 0 fully saturated rings. The van der Waals surface area contributed by atoms with Crippen LogP contribution >= 0.6 is 0 Å². The highest BCUT2D eigenvalue weighted by Gasteiger charge is 2.29. The topological polar surface area (TPSA) is 77.2 Å². The van der Waals surface area contributed by atoms with Gasteiger partial charge < -0.3 is 9.84 Å². The van der Waals surface area contributed by atoms with Crippen molar-refractivity contribution in [2.45, 2.75) is 59.4 Å². The lowest BCUT2D eigenvalue weighted by Gasteiger charge is -2.22. The van der Waals surface area contributed by atoms with E-state index in [9.17, 15) is 9.90 Å². The maximum atomic E-state index is 12.5. The van der Waals surface area contributed by atoms with Gasteiger partial charge in [0.05, 0.1) is 5.41 Å². The highest BCUT2D eigenvalue weighted by Crippen LogP contribution is 2.31. The Hall–Kier alpha value is -2.37. The molecule has 2 aromatic rings. The monoisotopic (exact) mass is 345 g/mol. The zero-order valence-corrected chi connectivity index (χ0v) is 15.4. The number of phenols is 1. The Balaban J connectivity index is 1.86. The number of carbonyl (C=O) groups is 1. The van der Waals surface area contributed by atoms with Crippen molar-refractivity contribution in [1.29, 1.82) is 0 Å². The molecule has 1 heterocycles. The van der Waals surface area contributed by atoms with Crippen LogP contribution in [0.1, 0.15) is 58.4 Å². The van der Waals surface area contributed by atoms with Crippen molar-refractivity contribution < 1.29 is 14.6 Å². The molecule has 136 valence electrons. The van der Waals surface area contributed by atoms with Gasteiger partial charge in [0.2, 0.25) is 0 Å². The van der Waals surface area contributed by atoms with Crippen molar-refractivity contribution in [3.05, 3.63) is 36.4 Å². The molecule has 0 saturated heterocycles. The summed E-state index contributed by atoms with van der Waals surface area (Å²) < 4.78 is 7.25. The summed E-state index contributed by atoms with van der Waals surface area (Å²) in [6.45, 7) is 8.56. The van der Waals surface area contributed by atoms with Gasteiger partial charge in [-0.15, -0.1) is 0 Å². The van der Waals surface area contributed by atoms with Crippen LogP contribution in [0.4, 0.5) is 0 Å². The Kier molecular flexibility index (Phi) is 6.17. The summed E-state index contributed by atoms with van der Waals surface area (Å²) in [5.74, 6) is 0.463. The van der Waals surface area contributed by atoms with Crippen molar-refractivity contribution >= 4 is 5.97 Å². The van der Waals surface area contributed by atoms with Gasteiger partial charge in [-0.1, -0.05) is 26.3 Å². The van der Waals surface area contributed by atoms with Gasteiger partial charge in [0, 0.05) is 12.6 Å². The molecule has 25 heavy (non-hydrogen) atoms. The molecule has 0 amide bonds. The van der Waals surface area contributed by atoms with Gasteiger partial charge in [0.25, 0.3) is 0 Å². The number of nitrogens with zero attached hydrogens (tertiary/aromatic N) is 3. The number of hydrogen-bond acceptors (Lipinski definition) is 5. The number of benzene rings is 1. The third kappa shape index (κ3) is 5.31. The first kappa shape index (κ1) is 19.0. The van der Waals surface area contributed by atoms with Crippen LogP contribution in [0.2, 0.25) is 0 Å². The predicted molar refractivity (Wildman–Crippen MR) is 95.5 cm³/mol. The zero-order chi connectivity index (χ0) is 18.4. The van der Waals surface area contributed by atoms with Crippen LogP contribution in [-0.2, 0) is 11.3 Å². The Labute approximate surface area is 148 Å². The van der Waals surface area contributed by atoms with E-state index in [-0.39, 0.29) is 17.6 Å². The second kappa shape index (κ2) is 8.14. The summed E-state index contributed by atoms with van der Waals surface area (Å²) in [5, 5.41) is 14.1. The minimum Gasteiger partial charge on any atom is -0.508 e. The van der Waals surface area contributed by atoms with Gasteiger partial charge in [-0.25, -0.2) is 4.98 Å². The van der Waals surface area contributed by atoms with Crippen LogP contribution in [0.25, 0.3) is 0 Å². The Morgan fingerprint density at radius 2 is 2.08 bits per heavy atom. The normalized spacial score (nSPS) is 11.7. The number of ether oxygens (including phenoxy) is 1. The van der Waals surface area contributed by atoms with Gasteiger partial charge in [-0.05, 0) is 44.2 Å². The third-order valence-corrected chi connectivity index (χ3v) is 4.29. The first-order valence-electron chi connectivity index (χ1n) is 8.67. The molecule has 6 heteroatoms. The van der Waals surface area contributed by atoms with E-state index < -0.39 is 5.41 Å². The largest absolute Gasteiger partial charge is 0.508 e. The number of rotatable bonds is 8. The summed E-state index contributed by atoms with van der Waals surface area (Å²) in [6.07, 6.45) is 5.73. The summed E-state index contributed by atoms with van der Waals surface area (Å²) in [6, 6.07) is 5.04. The molecule has 0 atom stereocenters. The average molecular weight is 345 g/mol. The Morgan fingerprint density at radius 1 is 1.32 bits per heavy atom. The number of hydrogen-bond donors (Lipinski definition) is 1. The van der Waals surface area contributed by atoms with Crippen LogP contribution in [0, 0.1) is 5.41 Å². The number of phenolic OH excluding ortho intramolecular Hbond substituents is 1. The summed E-state index contributed by atoms with van der Waals surface area (Å²) >= 11 is 0. The zero-order valence-electron chi connectivity index (χ0n) is 15.4. The fraction of sp³-hybridized carbons (Fsp3) is 0.526. The Bertz CT molecular complexity index is 694. The van der Waals surface area contributed by atoms with E-state index in [0.717, 1.165) is 31.4 Å². The first-order chi connectivity index (χ1) is 11.8. The van der Waals surface area contributed by atoms with E-state index in [0.29, 0.717) is 5.75 Å². The smallest absolute Gasteiger partial charge is 0.316 e. The fourth-order valence-corrected chi connectivity index (χ4v) is 2.61. The lowest BCUT2D eigenvalue weighted by Crippen LogP contribution is -2.29. The van der Waals surface area contributed by atoms with Gasteiger partial charge in [0.1, 0.15) is 24.2 Å². The number of carbonyl (C=O) groups excluding carboxylic acids is 1. The molecule has 1 aromatic heterocycles. The SMILES string of the molecule is CC(C)c1ccc(OC(=O)C(C)(C)CCCCn2cncn2)cc1O. The van der Waals surface area contributed by atoms with Gasteiger partial charge in [0.15, 0.2) is 0 Å². The lowest BCUT2D eigenvalue weighted by molar-refractivity contribution is -0.144. The molecule has 0 saturated carbocycles. The number of aromatic nitrogens is 3. The lowest BCUT2D eigenvalue weighted by atomic mass is 9.87. The molecule has 0 bridgehead atoms. The molecular weight excluding hydrogens is 318 g/mol. The van der Waals surface area contributed by atoms with Crippen LogP contribution < -0.4 is 4.74 Å². The molecule has 1 N–H and O–H groups in total. The molecule has 0 unspecified atom stereocenters. The van der Waals surface area contributed by atoms with Crippen molar-refractivity contribution in [2.75, 3.05) is 0 Å². The van der Waals surface area contributed by atoms with E-state index >= 15 is 0 Å². The summed E-state index contributed by atoms with van der Waals surface area (Å²) in [5.41, 5.74) is 0.251. The van der Waals surface area contributed by atoms with E-state index in [1.165, 1.54) is 12.4 Å². The van der Waals surface area contributed by atoms with Crippen molar-refractivity contribution in [3.63, 3.8) is 0 Å². The summed E-state index contributed by atoms with van der Waals surface area (Å²) in [4.78, 5) is 16.4. The van der Waals surface area contributed by atoms with Gasteiger partial charge in [-0.3, -0.25) is 9.48 Å². The van der Waals surface area contributed by atoms with Crippen LogP contribution in [0.3, 0.4) is 0 Å². The molecule has 6 nitrogen and oxygen atoms in total. The minimum atomic E-state index is -0.589. The van der Waals surface area contributed by atoms with Crippen LogP contribution in [-0.4, -0.2) is 25.8 Å². The molecule has 0 radical (unpaired) electrons. The quantitative estimate of drug-likeness (QED) is 0.446. The highest BCUT2D eigenvalue weighted by molar-refractivity contribution is 5.78. The standard InChI is InChI=1S/C19H27N3O3/c1-14(2)16-8-7-15(11-17(16)23)25-18(24)19(3,4)9-5-6-10-22-13-20-12-21-22/h7-8,11-14,23H,5-6,9-10H2,1-4H3. The first-order valence-corrected chi connectivity index (χ1v) is 8.67. The van der Waals surface area contributed by atoms with E-state index in [1.54, 1.807) is 23.1 Å². The number of aryl methyl sites for hydroxylation is 1. The fourth-order valence-electron chi connectivity index (χ4n) is 2.61. The Morgan fingerprint density at radius 3 is 2.68 bits per heavy atom. The number of esters is 1. The molecule has 0 aliphatic carbocycles. The predicted octanol–water partition coefficient (Wildman–Crippen LogP) is 3.91. The van der Waals surface area contributed by atoms with E-state index in [2.05, 4.69) is 10.1 Å². The van der Waals surface area contributed by atoms with E-state index in [1.807, 2.05) is 27.7 Å². The van der Waals surface area contributed by atoms with Crippen molar-refractivity contribution in [3.8, 4) is 11.5 Å². The van der Waals surface area contributed by atoms with E-state index in [4.69, 9.17) is 4.74 Å². The number of unbranched alkanes of at least 4 members (excludes halogenated alkanes) is 1. The van der Waals surface area contributed by atoms with Crippen molar-refractivity contribution in [2.24, 2.45) is 5.41 Å². The maximum absolute atomic E-state index is 12.5.